The van der Waals surface area contributed by atoms with E-state index in [0.29, 0.717) is 0 Å². The van der Waals surface area contributed by atoms with Crippen molar-refractivity contribution in [1.29, 1.82) is 0 Å². The van der Waals surface area contributed by atoms with Crippen LogP contribution in [0.25, 0.3) is 0 Å². The molecule has 0 N–H and O–H groups in total. The molecule has 0 spiro atoms. The Morgan fingerprint density at radius 1 is 1.28 bits per heavy atom. The molecule has 0 saturated carbocycles. The van der Waals surface area contributed by atoms with Crippen molar-refractivity contribution in [3.05, 3.63) is 42.2 Å². The summed E-state index contributed by atoms with van der Waals surface area (Å²) in [5, 5.41) is 3.61. The Kier molecular flexibility index (Phi) is 3.83. The van der Waals surface area contributed by atoms with Gasteiger partial charge in [-0.3, -0.25) is 0 Å². The van der Waals surface area contributed by atoms with Gasteiger partial charge in [-0.1, -0.05) is 17.3 Å². The van der Waals surface area contributed by atoms with E-state index in [1.54, 1.807) is 31.4 Å². The number of anilines is 1. The van der Waals surface area contributed by atoms with E-state index in [0.717, 1.165) is 15.6 Å². The fourth-order valence-corrected chi connectivity index (χ4v) is 2.01. The van der Waals surface area contributed by atoms with E-state index < -0.39 is 10.9 Å². The first-order valence-electron chi connectivity index (χ1n) is 5.16. The first-order valence-corrected chi connectivity index (χ1v) is 6.29. The van der Waals surface area contributed by atoms with E-state index in [4.69, 9.17) is 4.74 Å². The molecular weight excluding hydrogens is 256 g/mol. The Hall–Kier alpha value is -2.02. The summed E-state index contributed by atoms with van der Waals surface area (Å²) in [6.45, 7) is 0.204. The number of hydrogen-bond acceptors (Lipinski definition) is 5. The van der Waals surface area contributed by atoms with Crippen LogP contribution in [0.1, 0.15) is 5.56 Å². The lowest BCUT2D eigenvalue weighted by Gasteiger charge is -2.13. The highest BCUT2D eigenvalue weighted by molar-refractivity contribution is 7.74. The number of rotatable bonds is 5. The molecule has 0 amide bonds. The van der Waals surface area contributed by atoms with Gasteiger partial charge in [0.15, 0.2) is 5.82 Å². The monoisotopic (exact) mass is 268 g/mol. The van der Waals surface area contributed by atoms with Crippen LogP contribution in [-0.4, -0.2) is 20.7 Å². The van der Waals surface area contributed by atoms with Crippen LogP contribution in [-0.2, 0) is 17.4 Å². The van der Waals surface area contributed by atoms with E-state index in [2.05, 4.69) is 9.68 Å². The van der Waals surface area contributed by atoms with Gasteiger partial charge >= 0.3 is 0 Å². The summed E-state index contributed by atoms with van der Waals surface area (Å²) in [6.07, 6.45) is 1.33. The lowest BCUT2D eigenvalue weighted by Crippen LogP contribution is -2.20. The first-order chi connectivity index (χ1) is 8.70. The third-order valence-corrected chi connectivity index (χ3v) is 3.12. The van der Waals surface area contributed by atoms with Crippen LogP contribution in [0.4, 0.5) is 5.82 Å². The zero-order valence-electron chi connectivity index (χ0n) is 9.65. The molecule has 7 heteroatoms. The third-order valence-electron chi connectivity index (χ3n) is 2.38. The number of aromatic nitrogens is 1. The van der Waals surface area contributed by atoms with Crippen LogP contribution in [0.2, 0.25) is 0 Å². The summed E-state index contributed by atoms with van der Waals surface area (Å²) in [4.78, 5) is 0. The minimum Gasteiger partial charge on any atom is -0.497 e. The molecule has 6 nitrogen and oxygen atoms in total. The molecule has 0 radical (unpaired) electrons. The fraction of sp³-hybridized carbons (Fsp3) is 0.182. The van der Waals surface area contributed by atoms with E-state index >= 15 is 0 Å². The van der Waals surface area contributed by atoms with Gasteiger partial charge in [0.25, 0.3) is 0 Å². The zero-order chi connectivity index (χ0) is 13.0. The zero-order valence-corrected chi connectivity index (χ0v) is 10.5. The molecule has 0 aliphatic rings. The van der Waals surface area contributed by atoms with Crippen LogP contribution < -0.4 is 9.04 Å². The molecule has 2 aromatic rings. The molecule has 0 unspecified atom stereocenters. The molecule has 1 heterocycles. The fourth-order valence-electron chi connectivity index (χ4n) is 1.47. The summed E-state index contributed by atoms with van der Waals surface area (Å²) in [5.41, 5.74) is 0.831. The predicted octanol–water partition coefficient (Wildman–Crippen LogP) is 1.22. The maximum absolute atomic E-state index is 11.2. The van der Waals surface area contributed by atoms with Crippen molar-refractivity contribution in [3.8, 4) is 5.75 Å². The highest BCUT2D eigenvalue weighted by atomic mass is 32.2. The summed E-state index contributed by atoms with van der Waals surface area (Å²) >= 11 is 0. The smallest absolute Gasteiger partial charge is 0.226 e. The molecule has 0 bridgehead atoms. The minimum atomic E-state index is -2.77. The lowest BCUT2D eigenvalue weighted by atomic mass is 10.2. The first kappa shape index (κ1) is 12.4. The molecule has 1 aromatic carbocycles. The molecule has 96 valence electrons. The third kappa shape index (κ3) is 2.80. The summed E-state index contributed by atoms with van der Waals surface area (Å²) in [7, 11) is -1.20. The van der Waals surface area contributed by atoms with E-state index in [-0.39, 0.29) is 12.4 Å². The van der Waals surface area contributed by atoms with Gasteiger partial charge < -0.3 is 9.26 Å². The van der Waals surface area contributed by atoms with Gasteiger partial charge in [0, 0.05) is 6.07 Å². The number of benzene rings is 1. The molecule has 0 saturated heterocycles. The highest BCUT2D eigenvalue weighted by Crippen LogP contribution is 2.17. The van der Waals surface area contributed by atoms with Crippen molar-refractivity contribution >= 4 is 16.7 Å². The van der Waals surface area contributed by atoms with E-state index in [1.165, 1.54) is 12.3 Å². The van der Waals surface area contributed by atoms with Gasteiger partial charge in [-0.25, -0.2) is 12.7 Å². The van der Waals surface area contributed by atoms with Crippen molar-refractivity contribution in [2.75, 3.05) is 11.4 Å². The van der Waals surface area contributed by atoms with Crippen LogP contribution in [0.5, 0.6) is 5.75 Å². The van der Waals surface area contributed by atoms with Crippen LogP contribution in [0, 0.1) is 0 Å². The molecule has 18 heavy (non-hydrogen) atoms. The minimum absolute atomic E-state index is 0.204. The van der Waals surface area contributed by atoms with Crippen molar-refractivity contribution in [3.63, 3.8) is 0 Å². The van der Waals surface area contributed by atoms with Gasteiger partial charge in [0.2, 0.25) is 10.9 Å². The number of ether oxygens (including phenoxy) is 1. The molecular formula is C11H12N2O4S. The second-order valence-electron chi connectivity index (χ2n) is 3.50. The van der Waals surface area contributed by atoms with Gasteiger partial charge in [-0.05, 0) is 17.7 Å². The molecule has 0 aliphatic carbocycles. The lowest BCUT2D eigenvalue weighted by molar-refractivity contribution is 0.414. The maximum Gasteiger partial charge on any atom is 0.226 e. The van der Waals surface area contributed by atoms with E-state index in [1.807, 2.05) is 0 Å². The van der Waals surface area contributed by atoms with Gasteiger partial charge in [0.1, 0.15) is 12.0 Å². The number of thiol groups is 1. The van der Waals surface area contributed by atoms with Crippen LogP contribution in [0.3, 0.4) is 0 Å². The topological polar surface area (TPSA) is 72.6 Å². The average molecular weight is 268 g/mol. The Morgan fingerprint density at radius 2 is 2.00 bits per heavy atom. The summed E-state index contributed by atoms with van der Waals surface area (Å²) in [6, 6.07) is 8.63. The van der Waals surface area contributed by atoms with Gasteiger partial charge in [-0.2, -0.15) is 0 Å². The average Bonchev–Trinajstić information content (AvgIpc) is 2.90. The maximum atomic E-state index is 11.2. The standard InChI is InChI=1S/C11H12N2O4S/c1-16-10-4-2-9(3-5-10)8-13(18(14)15)11-6-7-17-12-11/h2-7,18H,8H2,1H3. The normalized spacial score (nSPS) is 10.6. The Labute approximate surface area is 106 Å². The van der Waals surface area contributed by atoms with Crippen molar-refractivity contribution in [2.24, 2.45) is 0 Å². The molecule has 1 aromatic heterocycles. The molecule has 0 atom stereocenters. The van der Waals surface area contributed by atoms with Crippen LogP contribution >= 0.6 is 0 Å². The quantitative estimate of drug-likeness (QED) is 0.825. The predicted molar refractivity (Wildman–Crippen MR) is 66.0 cm³/mol. The second-order valence-corrected chi connectivity index (χ2v) is 4.46. The SMILES string of the molecule is COc1ccc(CN(c2ccon2)[SH](=O)=O)cc1. The van der Waals surface area contributed by atoms with Gasteiger partial charge in [-0.15, -0.1) is 0 Å². The summed E-state index contributed by atoms with van der Waals surface area (Å²) < 4.78 is 33.2. The molecule has 0 aliphatic heterocycles. The summed E-state index contributed by atoms with van der Waals surface area (Å²) in [5.74, 6) is 0.986. The van der Waals surface area contributed by atoms with Crippen LogP contribution in [0.15, 0.2) is 41.1 Å². The Bertz CT molecular complexity index is 555. The number of methoxy groups -OCH3 is 1. The van der Waals surface area contributed by atoms with Crippen molar-refractivity contribution < 1.29 is 17.7 Å². The molecule has 2 rings (SSSR count). The van der Waals surface area contributed by atoms with Crippen molar-refractivity contribution in [2.45, 2.75) is 6.54 Å². The van der Waals surface area contributed by atoms with Gasteiger partial charge in [0.05, 0.1) is 13.7 Å². The Balaban J connectivity index is 2.19. The molecule has 0 fully saturated rings. The second kappa shape index (κ2) is 5.54. The largest absolute Gasteiger partial charge is 0.497 e. The number of hydrogen-bond donors (Lipinski definition) is 1. The number of nitrogens with zero attached hydrogens (tertiary/aromatic N) is 2. The van der Waals surface area contributed by atoms with E-state index in [9.17, 15) is 8.42 Å². The highest BCUT2D eigenvalue weighted by Gasteiger charge is 2.12. The van der Waals surface area contributed by atoms with Crippen molar-refractivity contribution in [1.82, 2.24) is 5.16 Å². The Morgan fingerprint density at radius 3 is 2.50 bits per heavy atom.